The number of nitrogens with two attached hydrogens (primary N) is 1. The van der Waals surface area contributed by atoms with Gasteiger partial charge in [0.1, 0.15) is 17.1 Å². The van der Waals surface area contributed by atoms with Crippen LogP contribution >= 0.6 is 0 Å². The van der Waals surface area contributed by atoms with Gasteiger partial charge in [-0.05, 0) is 38.1 Å². The first-order valence-corrected chi connectivity index (χ1v) is 9.80. The SMILES string of the molecule is N#Cc1ccc(N2C[C@H](CN3CCC(N)CC3)[C@@H](C(F)(F)F)C2)c2nccnc12. The first-order chi connectivity index (χ1) is 13.9. The van der Waals surface area contributed by atoms with Crippen molar-refractivity contribution in [3.8, 4) is 6.07 Å². The van der Waals surface area contributed by atoms with Gasteiger partial charge < -0.3 is 15.5 Å². The summed E-state index contributed by atoms with van der Waals surface area (Å²) in [6, 6.07) is 5.51. The zero-order valence-electron chi connectivity index (χ0n) is 15.9. The van der Waals surface area contributed by atoms with E-state index in [1.165, 1.54) is 12.4 Å². The quantitative estimate of drug-likeness (QED) is 0.847. The number of nitrogens with zero attached hydrogens (tertiary/aromatic N) is 5. The van der Waals surface area contributed by atoms with Crippen molar-refractivity contribution in [2.24, 2.45) is 17.6 Å². The zero-order valence-corrected chi connectivity index (χ0v) is 15.9. The van der Waals surface area contributed by atoms with Gasteiger partial charge in [-0.15, -0.1) is 0 Å². The standard InChI is InChI=1S/C20H23F3N6/c21-20(22,23)16-12-29(11-14(16)10-28-7-3-15(25)4-8-28)17-2-1-13(9-24)18-19(17)27-6-5-26-18/h1-2,5-6,14-16H,3-4,7-8,10-12,25H2/t14-,16-/m0/s1. The van der Waals surface area contributed by atoms with E-state index >= 15 is 0 Å². The number of anilines is 1. The van der Waals surface area contributed by atoms with Crippen molar-refractivity contribution >= 4 is 16.7 Å². The minimum absolute atomic E-state index is 0.112. The van der Waals surface area contributed by atoms with Crippen LogP contribution in [0, 0.1) is 23.2 Å². The summed E-state index contributed by atoms with van der Waals surface area (Å²) >= 11 is 0. The molecule has 2 aromatic rings. The Labute approximate surface area is 167 Å². The fraction of sp³-hybridized carbons (Fsp3) is 0.550. The van der Waals surface area contributed by atoms with Gasteiger partial charge >= 0.3 is 6.18 Å². The van der Waals surface area contributed by atoms with Gasteiger partial charge in [0, 0.05) is 44.0 Å². The highest BCUT2D eigenvalue weighted by Gasteiger charge is 2.50. The van der Waals surface area contributed by atoms with E-state index in [1.807, 2.05) is 0 Å². The Morgan fingerprint density at radius 2 is 1.79 bits per heavy atom. The first kappa shape index (κ1) is 19.9. The third-order valence-corrected chi connectivity index (χ3v) is 6.05. The molecule has 29 heavy (non-hydrogen) atoms. The topological polar surface area (TPSA) is 82.1 Å². The van der Waals surface area contributed by atoms with E-state index in [2.05, 4.69) is 20.9 Å². The van der Waals surface area contributed by atoms with E-state index in [0.29, 0.717) is 35.4 Å². The summed E-state index contributed by atoms with van der Waals surface area (Å²) in [6.45, 7) is 2.08. The predicted molar refractivity (Wildman–Crippen MR) is 103 cm³/mol. The number of alkyl halides is 3. The molecule has 0 saturated carbocycles. The van der Waals surface area contributed by atoms with Crippen molar-refractivity contribution in [2.75, 3.05) is 37.6 Å². The number of aromatic nitrogens is 2. The molecule has 2 aliphatic rings. The number of piperidine rings is 1. The van der Waals surface area contributed by atoms with Gasteiger partial charge in [-0.3, -0.25) is 9.97 Å². The first-order valence-electron chi connectivity index (χ1n) is 9.80. The Morgan fingerprint density at radius 1 is 1.10 bits per heavy atom. The van der Waals surface area contributed by atoms with Crippen LogP contribution in [0.2, 0.25) is 0 Å². The summed E-state index contributed by atoms with van der Waals surface area (Å²) in [5.74, 6) is -1.92. The van der Waals surface area contributed by atoms with Crippen LogP contribution in [0.4, 0.5) is 18.9 Å². The monoisotopic (exact) mass is 404 g/mol. The Balaban J connectivity index is 1.61. The molecule has 154 valence electrons. The van der Waals surface area contributed by atoms with Crippen LogP contribution in [0.1, 0.15) is 18.4 Å². The molecule has 4 rings (SSSR count). The van der Waals surface area contributed by atoms with Crippen LogP contribution in [0.25, 0.3) is 11.0 Å². The second-order valence-corrected chi connectivity index (χ2v) is 7.95. The smallest absolute Gasteiger partial charge is 0.369 e. The number of likely N-dealkylation sites (tertiary alicyclic amines) is 1. The number of nitriles is 1. The molecular formula is C20H23F3N6. The lowest BCUT2D eigenvalue weighted by molar-refractivity contribution is -0.180. The van der Waals surface area contributed by atoms with Crippen molar-refractivity contribution in [1.82, 2.24) is 14.9 Å². The van der Waals surface area contributed by atoms with Gasteiger partial charge in [0.2, 0.25) is 0 Å². The largest absolute Gasteiger partial charge is 0.393 e. The minimum Gasteiger partial charge on any atom is -0.369 e. The van der Waals surface area contributed by atoms with Crippen molar-refractivity contribution in [3.63, 3.8) is 0 Å². The Bertz CT molecular complexity index is 917. The number of halogens is 3. The molecule has 2 N–H and O–H groups in total. The van der Waals surface area contributed by atoms with E-state index in [1.54, 1.807) is 17.0 Å². The van der Waals surface area contributed by atoms with Crippen molar-refractivity contribution < 1.29 is 13.2 Å². The van der Waals surface area contributed by atoms with E-state index in [4.69, 9.17) is 5.73 Å². The van der Waals surface area contributed by atoms with Gasteiger partial charge in [0.15, 0.2) is 0 Å². The maximum absolute atomic E-state index is 13.8. The molecule has 2 atom stereocenters. The summed E-state index contributed by atoms with van der Waals surface area (Å²) in [6.07, 6.45) is 0.365. The lowest BCUT2D eigenvalue weighted by Gasteiger charge is -2.33. The molecule has 0 aliphatic carbocycles. The molecule has 9 heteroatoms. The molecule has 0 radical (unpaired) electrons. The van der Waals surface area contributed by atoms with E-state index < -0.39 is 18.0 Å². The molecule has 0 bridgehead atoms. The summed E-state index contributed by atoms with van der Waals surface area (Å²) in [4.78, 5) is 12.4. The van der Waals surface area contributed by atoms with Crippen LogP contribution in [-0.4, -0.2) is 59.8 Å². The van der Waals surface area contributed by atoms with Crippen LogP contribution in [-0.2, 0) is 0 Å². The van der Waals surface area contributed by atoms with Crippen molar-refractivity contribution in [1.29, 1.82) is 5.26 Å². The summed E-state index contributed by atoms with van der Waals surface area (Å²) in [5.41, 5.74) is 7.78. The van der Waals surface area contributed by atoms with Crippen LogP contribution in [0.5, 0.6) is 0 Å². The highest BCUT2D eigenvalue weighted by atomic mass is 19.4. The van der Waals surface area contributed by atoms with Crippen molar-refractivity contribution in [2.45, 2.75) is 25.1 Å². The molecule has 1 aromatic heterocycles. The van der Waals surface area contributed by atoms with Gasteiger partial charge in [-0.2, -0.15) is 18.4 Å². The molecular weight excluding hydrogens is 381 g/mol. The average Bonchev–Trinajstić information content (AvgIpc) is 3.13. The lowest BCUT2D eigenvalue weighted by Crippen LogP contribution is -2.44. The summed E-state index contributed by atoms with van der Waals surface area (Å²) in [7, 11) is 0. The average molecular weight is 404 g/mol. The van der Waals surface area contributed by atoms with Gasteiger partial charge in [0.25, 0.3) is 0 Å². The Hall–Kier alpha value is -2.44. The number of benzene rings is 1. The van der Waals surface area contributed by atoms with E-state index in [0.717, 1.165) is 25.9 Å². The second kappa shape index (κ2) is 7.76. The normalized spacial score (nSPS) is 24.2. The molecule has 0 spiro atoms. The molecule has 3 heterocycles. The summed E-state index contributed by atoms with van der Waals surface area (Å²) in [5, 5.41) is 9.29. The number of hydrogen-bond donors (Lipinski definition) is 1. The lowest BCUT2D eigenvalue weighted by atomic mass is 9.94. The molecule has 1 aromatic carbocycles. The number of hydrogen-bond acceptors (Lipinski definition) is 6. The highest BCUT2D eigenvalue weighted by Crippen LogP contribution is 2.41. The summed E-state index contributed by atoms with van der Waals surface area (Å²) < 4.78 is 41.4. The van der Waals surface area contributed by atoms with Crippen LogP contribution in [0.3, 0.4) is 0 Å². The maximum atomic E-state index is 13.8. The predicted octanol–water partition coefficient (Wildman–Crippen LogP) is 2.54. The van der Waals surface area contributed by atoms with Crippen LogP contribution < -0.4 is 10.6 Å². The van der Waals surface area contributed by atoms with Gasteiger partial charge in [0.05, 0.1) is 17.2 Å². The number of rotatable bonds is 3. The minimum atomic E-state index is -4.26. The number of fused-ring (bicyclic) bond motifs is 1. The van der Waals surface area contributed by atoms with Gasteiger partial charge in [-0.25, -0.2) is 0 Å². The zero-order chi connectivity index (χ0) is 20.6. The molecule has 2 saturated heterocycles. The third kappa shape index (κ3) is 4.00. The Morgan fingerprint density at radius 3 is 2.45 bits per heavy atom. The molecule has 2 aliphatic heterocycles. The third-order valence-electron chi connectivity index (χ3n) is 6.05. The second-order valence-electron chi connectivity index (χ2n) is 7.95. The van der Waals surface area contributed by atoms with Crippen molar-refractivity contribution in [3.05, 3.63) is 30.1 Å². The fourth-order valence-electron chi connectivity index (χ4n) is 4.48. The highest BCUT2D eigenvalue weighted by molar-refractivity contribution is 5.92. The maximum Gasteiger partial charge on any atom is 0.393 e. The fourth-order valence-corrected chi connectivity index (χ4v) is 4.48. The molecule has 0 amide bonds. The molecule has 0 unspecified atom stereocenters. The van der Waals surface area contributed by atoms with E-state index in [9.17, 15) is 18.4 Å². The Kier molecular flexibility index (Phi) is 5.32. The molecule has 2 fully saturated rings. The van der Waals surface area contributed by atoms with E-state index in [-0.39, 0.29) is 12.6 Å². The van der Waals surface area contributed by atoms with Crippen LogP contribution in [0.15, 0.2) is 24.5 Å². The molecule has 6 nitrogen and oxygen atoms in total. The van der Waals surface area contributed by atoms with Gasteiger partial charge in [-0.1, -0.05) is 0 Å².